The van der Waals surface area contributed by atoms with Gasteiger partial charge in [-0.05, 0) is 61.1 Å². The molecule has 1 aliphatic rings. The molecule has 1 atom stereocenters. The van der Waals surface area contributed by atoms with Crippen LogP contribution in [0.4, 0.5) is 0 Å². The van der Waals surface area contributed by atoms with Gasteiger partial charge in [0.2, 0.25) is 0 Å². The molecule has 0 fully saturated rings. The molecule has 0 aromatic heterocycles. The fraction of sp³-hybridized carbons (Fsp3) is 0.172. The van der Waals surface area contributed by atoms with Gasteiger partial charge in [-0.1, -0.05) is 108 Å². The first-order chi connectivity index (χ1) is 14.0. The molecule has 0 heterocycles. The van der Waals surface area contributed by atoms with Crippen LogP contribution in [0.5, 0.6) is 0 Å². The second-order valence-electron chi connectivity index (χ2n) is 8.10. The zero-order valence-corrected chi connectivity index (χ0v) is 17.8. The van der Waals surface area contributed by atoms with Crippen molar-refractivity contribution in [1.29, 1.82) is 0 Å². The largest absolute Gasteiger partial charge is 0.0942 e. The van der Waals surface area contributed by atoms with Gasteiger partial charge in [0, 0.05) is 0 Å². The summed E-state index contributed by atoms with van der Waals surface area (Å²) in [6.45, 7) is 13.1. The lowest BCUT2D eigenvalue weighted by Crippen LogP contribution is -2.28. The standard InChI is InChI=1S/C29H28/c1-6-20(2)11-15-23(5)29(24-16-12-21(3)13-17-24)27-10-8-7-9-25(27)26-18-14-22(4)19-28(26)29/h6-19H,5H2,1-4H3. The van der Waals surface area contributed by atoms with E-state index in [1.165, 1.54) is 44.5 Å². The Hall–Kier alpha value is -3.12. The van der Waals surface area contributed by atoms with Crippen LogP contribution < -0.4 is 0 Å². The first kappa shape index (κ1) is 19.2. The van der Waals surface area contributed by atoms with E-state index in [0.717, 1.165) is 5.57 Å². The molecule has 1 unspecified atom stereocenters. The van der Waals surface area contributed by atoms with Gasteiger partial charge in [-0.2, -0.15) is 0 Å². The molecule has 0 spiro atoms. The molecule has 4 rings (SSSR count). The average Bonchev–Trinajstić information content (AvgIpc) is 3.02. The first-order valence-electron chi connectivity index (χ1n) is 10.3. The smallest absolute Gasteiger partial charge is 0.0707 e. The fourth-order valence-electron chi connectivity index (χ4n) is 4.49. The van der Waals surface area contributed by atoms with Crippen LogP contribution in [0.3, 0.4) is 0 Å². The molecule has 0 nitrogen and oxygen atoms in total. The summed E-state index contributed by atoms with van der Waals surface area (Å²) in [7, 11) is 0. The van der Waals surface area contributed by atoms with Crippen LogP contribution >= 0.6 is 0 Å². The van der Waals surface area contributed by atoms with E-state index in [2.05, 4.69) is 119 Å². The average molecular weight is 377 g/mol. The number of rotatable bonds is 4. The van der Waals surface area contributed by atoms with Crippen LogP contribution in [0, 0.1) is 13.8 Å². The maximum atomic E-state index is 4.63. The maximum absolute atomic E-state index is 4.63. The Morgan fingerprint density at radius 3 is 2.17 bits per heavy atom. The van der Waals surface area contributed by atoms with Crippen molar-refractivity contribution >= 4 is 0 Å². The zero-order valence-electron chi connectivity index (χ0n) is 17.8. The summed E-state index contributed by atoms with van der Waals surface area (Å²) in [6.07, 6.45) is 6.50. The van der Waals surface area contributed by atoms with Crippen molar-refractivity contribution in [3.8, 4) is 11.1 Å². The number of fused-ring (bicyclic) bond motifs is 3. The van der Waals surface area contributed by atoms with E-state index >= 15 is 0 Å². The highest BCUT2D eigenvalue weighted by Crippen LogP contribution is 2.56. The Kier molecular flexibility index (Phi) is 4.88. The van der Waals surface area contributed by atoms with Crippen LogP contribution in [0.25, 0.3) is 11.1 Å². The third-order valence-corrected chi connectivity index (χ3v) is 6.17. The second kappa shape index (κ2) is 7.37. The molecule has 29 heavy (non-hydrogen) atoms. The van der Waals surface area contributed by atoms with Crippen LogP contribution in [0.15, 0.2) is 103 Å². The van der Waals surface area contributed by atoms with Crippen LogP contribution in [0.1, 0.15) is 41.7 Å². The van der Waals surface area contributed by atoms with Crippen molar-refractivity contribution < 1.29 is 0 Å². The molecular formula is C29H28. The van der Waals surface area contributed by atoms with Crippen molar-refractivity contribution in [3.05, 3.63) is 131 Å². The lowest BCUT2D eigenvalue weighted by molar-refractivity contribution is 0.768. The summed E-state index contributed by atoms with van der Waals surface area (Å²) in [4.78, 5) is 0. The Labute approximate surface area is 174 Å². The molecule has 0 saturated heterocycles. The Morgan fingerprint density at radius 1 is 0.793 bits per heavy atom. The monoisotopic (exact) mass is 376 g/mol. The third-order valence-electron chi connectivity index (χ3n) is 6.17. The van der Waals surface area contributed by atoms with Gasteiger partial charge in [0.25, 0.3) is 0 Å². The highest BCUT2D eigenvalue weighted by molar-refractivity contribution is 5.86. The van der Waals surface area contributed by atoms with Gasteiger partial charge in [-0.15, -0.1) is 0 Å². The molecule has 3 aromatic carbocycles. The normalized spacial score (nSPS) is 18.0. The highest BCUT2D eigenvalue weighted by atomic mass is 14.5. The Balaban J connectivity index is 2.08. The van der Waals surface area contributed by atoms with Crippen LogP contribution in [-0.4, -0.2) is 0 Å². The Bertz CT molecular complexity index is 1140. The van der Waals surface area contributed by atoms with Gasteiger partial charge >= 0.3 is 0 Å². The minimum atomic E-state index is -0.379. The minimum Gasteiger partial charge on any atom is -0.0942 e. The van der Waals surface area contributed by atoms with E-state index in [1.807, 2.05) is 0 Å². The topological polar surface area (TPSA) is 0 Å². The van der Waals surface area contributed by atoms with E-state index in [1.54, 1.807) is 0 Å². The molecule has 0 radical (unpaired) electrons. The Morgan fingerprint density at radius 2 is 1.45 bits per heavy atom. The summed E-state index contributed by atoms with van der Waals surface area (Å²) in [5.74, 6) is 0. The van der Waals surface area contributed by atoms with Crippen molar-refractivity contribution in [2.24, 2.45) is 0 Å². The van der Waals surface area contributed by atoms with E-state index in [0.29, 0.717) is 0 Å². The predicted molar refractivity (Wildman–Crippen MR) is 125 cm³/mol. The number of allylic oxidation sites excluding steroid dienone is 5. The molecule has 0 bridgehead atoms. The quantitative estimate of drug-likeness (QED) is 0.409. The number of hydrogen-bond acceptors (Lipinski definition) is 0. The highest BCUT2D eigenvalue weighted by Gasteiger charge is 2.45. The summed E-state index contributed by atoms with van der Waals surface area (Å²) < 4.78 is 0. The van der Waals surface area contributed by atoms with E-state index in [9.17, 15) is 0 Å². The molecular weight excluding hydrogens is 348 g/mol. The molecule has 0 amide bonds. The van der Waals surface area contributed by atoms with Gasteiger partial charge in [0.15, 0.2) is 0 Å². The van der Waals surface area contributed by atoms with Crippen molar-refractivity contribution in [2.45, 2.75) is 33.1 Å². The van der Waals surface area contributed by atoms with Crippen molar-refractivity contribution in [1.82, 2.24) is 0 Å². The number of hydrogen-bond donors (Lipinski definition) is 0. The maximum Gasteiger partial charge on any atom is 0.0707 e. The summed E-state index contributed by atoms with van der Waals surface area (Å²) in [5, 5.41) is 0. The fourth-order valence-corrected chi connectivity index (χ4v) is 4.49. The first-order valence-corrected chi connectivity index (χ1v) is 10.3. The SMILES string of the molecule is C=C(C=CC(C)=CC)C1(c2ccc(C)cc2)c2ccccc2-c2ccc(C)cc21. The molecule has 144 valence electrons. The number of benzene rings is 3. The molecule has 0 aliphatic heterocycles. The van der Waals surface area contributed by atoms with Gasteiger partial charge in [-0.3, -0.25) is 0 Å². The second-order valence-corrected chi connectivity index (χ2v) is 8.10. The molecule has 1 aliphatic carbocycles. The van der Waals surface area contributed by atoms with E-state index < -0.39 is 0 Å². The number of aryl methyl sites for hydroxylation is 2. The van der Waals surface area contributed by atoms with Gasteiger partial charge < -0.3 is 0 Å². The van der Waals surface area contributed by atoms with E-state index in [-0.39, 0.29) is 5.41 Å². The van der Waals surface area contributed by atoms with Gasteiger partial charge in [-0.25, -0.2) is 0 Å². The molecule has 0 saturated carbocycles. The van der Waals surface area contributed by atoms with Crippen LogP contribution in [-0.2, 0) is 5.41 Å². The summed E-state index contributed by atoms with van der Waals surface area (Å²) >= 11 is 0. The summed E-state index contributed by atoms with van der Waals surface area (Å²) in [5.41, 5.74) is 11.0. The third kappa shape index (κ3) is 3.00. The van der Waals surface area contributed by atoms with Gasteiger partial charge in [0.1, 0.15) is 0 Å². The predicted octanol–water partition coefficient (Wildman–Crippen LogP) is 7.70. The van der Waals surface area contributed by atoms with Crippen LogP contribution in [0.2, 0.25) is 0 Å². The van der Waals surface area contributed by atoms with E-state index in [4.69, 9.17) is 0 Å². The minimum absolute atomic E-state index is 0.379. The lowest BCUT2D eigenvalue weighted by atomic mass is 9.67. The van der Waals surface area contributed by atoms with Crippen molar-refractivity contribution in [2.75, 3.05) is 0 Å². The zero-order chi connectivity index (χ0) is 20.6. The molecule has 3 aromatic rings. The molecule has 0 heteroatoms. The molecule has 0 N–H and O–H groups in total. The summed E-state index contributed by atoms with van der Waals surface area (Å²) in [6, 6.07) is 24.6. The van der Waals surface area contributed by atoms with Crippen molar-refractivity contribution in [3.63, 3.8) is 0 Å². The lowest BCUT2D eigenvalue weighted by Gasteiger charge is -2.34. The van der Waals surface area contributed by atoms with Gasteiger partial charge in [0.05, 0.1) is 5.41 Å².